The fourth-order valence-corrected chi connectivity index (χ4v) is 1.94. The van der Waals surface area contributed by atoms with Crippen LogP contribution in [0.25, 0.3) is 0 Å². The zero-order valence-corrected chi connectivity index (χ0v) is 10.7. The third-order valence-corrected chi connectivity index (χ3v) is 3.02. The molecule has 1 aromatic heterocycles. The number of aliphatic hydroxyl groups excluding tert-OH is 1. The molecular weight excluding hydrogens is 224 g/mol. The van der Waals surface area contributed by atoms with E-state index in [0.29, 0.717) is 12.1 Å². The fourth-order valence-electron chi connectivity index (χ4n) is 1.41. The lowest BCUT2D eigenvalue weighted by atomic mass is 9.85. The maximum Gasteiger partial charge on any atom is 0.270 e. The SMILES string of the molecule is CC(C)(C)C(CCO)NC(=O)c1cscn1. The van der Waals surface area contributed by atoms with Gasteiger partial charge in [-0.2, -0.15) is 0 Å². The topological polar surface area (TPSA) is 62.2 Å². The molecule has 0 saturated carbocycles. The third kappa shape index (κ3) is 3.57. The predicted molar refractivity (Wildman–Crippen MR) is 64.5 cm³/mol. The molecule has 0 aliphatic heterocycles. The van der Waals surface area contributed by atoms with E-state index in [1.165, 1.54) is 11.3 Å². The van der Waals surface area contributed by atoms with E-state index in [2.05, 4.69) is 10.3 Å². The summed E-state index contributed by atoms with van der Waals surface area (Å²) < 4.78 is 0. The van der Waals surface area contributed by atoms with Crippen molar-refractivity contribution in [3.05, 3.63) is 16.6 Å². The van der Waals surface area contributed by atoms with Crippen molar-refractivity contribution in [1.29, 1.82) is 0 Å². The highest BCUT2D eigenvalue weighted by Crippen LogP contribution is 2.22. The van der Waals surface area contributed by atoms with Gasteiger partial charge in [0.05, 0.1) is 5.51 Å². The summed E-state index contributed by atoms with van der Waals surface area (Å²) in [5, 5.41) is 13.6. The van der Waals surface area contributed by atoms with Gasteiger partial charge in [0.1, 0.15) is 5.69 Å². The van der Waals surface area contributed by atoms with E-state index < -0.39 is 0 Å². The first-order valence-electron chi connectivity index (χ1n) is 5.25. The van der Waals surface area contributed by atoms with Crippen molar-refractivity contribution >= 4 is 17.2 Å². The summed E-state index contributed by atoms with van der Waals surface area (Å²) >= 11 is 1.39. The molecule has 1 unspecified atom stereocenters. The molecule has 0 bridgehead atoms. The van der Waals surface area contributed by atoms with Crippen LogP contribution < -0.4 is 5.32 Å². The van der Waals surface area contributed by atoms with E-state index >= 15 is 0 Å². The molecule has 16 heavy (non-hydrogen) atoms. The van der Waals surface area contributed by atoms with E-state index in [0.717, 1.165) is 0 Å². The van der Waals surface area contributed by atoms with Gasteiger partial charge in [-0.1, -0.05) is 20.8 Å². The van der Waals surface area contributed by atoms with Crippen molar-refractivity contribution in [2.75, 3.05) is 6.61 Å². The van der Waals surface area contributed by atoms with E-state index in [4.69, 9.17) is 5.11 Å². The van der Waals surface area contributed by atoms with Gasteiger partial charge < -0.3 is 10.4 Å². The summed E-state index contributed by atoms with van der Waals surface area (Å²) in [6.07, 6.45) is 0.555. The zero-order chi connectivity index (χ0) is 12.2. The second-order valence-corrected chi connectivity index (χ2v) is 5.50. The Morgan fingerprint density at radius 2 is 2.31 bits per heavy atom. The van der Waals surface area contributed by atoms with Crippen LogP contribution in [0.3, 0.4) is 0 Å². The maximum absolute atomic E-state index is 11.8. The first-order chi connectivity index (χ1) is 7.45. The van der Waals surface area contributed by atoms with Gasteiger partial charge >= 0.3 is 0 Å². The number of hydrogen-bond acceptors (Lipinski definition) is 4. The Hall–Kier alpha value is -0.940. The highest BCUT2D eigenvalue weighted by Gasteiger charge is 2.26. The van der Waals surface area contributed by atoms with Crippen LogP contribution in [0.4, 0.5) is 0 Å². The molecule has 1 rings (SSSR count). The number of aromatic nitrogens is 1. The summed E-state index contributed by atoms with van der Waals surface area (Å²) in [4.78, 5) is 15.7. The average Bonchev–Trinajstić information content (AvgIpc) is 2.68. The van der Waals surface area contributed by atoms with Gasteiger partial charge in [-0.25, -0.2) is 4.98 Å². The van der Waals surface area contributed by atoms with Gasteiger partial charge in [0, 0.05) is 18.0 Å². The number of carbonyl (C=O) groups excluding carboxylic acids is 1. The van der Waals surface area contributed by atoms with Gasteiger partial charge in [0.25, 0.3) is 5.91 Å². The van der Waals surface area contributed by atoms with Crippen molar-refractivity contribution in [2.45, 2.75) is 33.2 Å². The van der Waals surface area contributed by atoms with Crippen molar-refractivity contribution in [2.24, 2.45) is 5.41 Å². The first-order valence-corrected chi connectivity index (χ1v) is 6.19. The Balaban J connectivity index is 2.66. The van der Waals surface area contributed by atoms with Crippen LogP contribution in [0.1, 0.15) is 37.7 Å². The quantitative estimate of drug-likeness (QED) is 0.844. The van der Waals surface area contributed by atoms with E-state index in [1.807, 2.05) is 20.8 Å². The summed E-state index contributed by atoms with van der Waals surface area (Å²) in [5.41, 5.74) is 2.00. The average molecular weight is 242 g/mol. The van der Waals surface area contributed by atoms with E-state index in [-0.39, 0.29) is 24.0 Å². The molecule has 2 N–H and O–H groups in total. The molecule has 0 spiro atoms. The number of hydrogen-bond donors (Lipinski definition) is 2. The second kappa shape index (κ2) is 5.41. The Labute approximate surface area is 99.7 Å². The van der Waals surface area contributed by atoms with Crippen LogP contribution in [0.5, 0.6) is 0 Å². The van der Waals surface area contributed by atoms with Crippen LogP contribution >= 0.6 is 11.3 Å². The standard InChI is InChI=1S/C11H18N2O2S/c1-11(2,3)9(4-5-14)13-10(15)8-6-16-7-12-8/h6-7,9,14H,4-5H2,1-3H3,(H,13,15). The molecule has 0 saturated heterocycles. The highest BCUT2D eigenvalue weighted by atomic mass is 32.1. The van der Waals surface area contributed by atoms with Crippen molar-refractivity contribution < 1.29 is 9.90 Å². The number of nitrogens with zero attached hydrogens (tertiary/aromatic N) is 1. The zero-order valence-electron chi connectivity index (χ0n) is 9.86. The van der Waals surface area contributed by atoms with Crippen molar-refractivity contribution in [1.82, 2.24) is 10.3 Å². The maximum atomic E-state index is 11.8. The molecule has 5 heteroatoms. The van der Waals surface area contributed by atoms with Crippen LogP contribution in [0.2, 0.25) is 0 Å². The first kappa shape index (κ1) is 13.1. The van der Waals surface area contributed by atoms with Crippen LogP contribution in [0.15, 0.2) is 10.9 Å². The van der Waals surface area contributed by atoms with E-state index in [1.54, 1.807) is 10.9 Å². The molecule has 1 aromatic rings. The minimum atomic E-state index is -0.172. The normalized spacial score (nSPS) is 13.5. The molecule has 1 amide bonds. The van der Waals surface area contributed by atoms with Gasteiger partial charge in [0.15, 0.2) is 0 Å². The van der Waals surface area contributed by atoms with Crippen LogP contribution in [-0.2, 0) is 0 Å². The Morgan fingerprint density at radius 1 is 1.62 bits per heavy atom. The summed E-state index contributed by atoms with van der Waals surface area (Å²) in [5.74, 6) is -0.172. The smallest absolute Gasteiger partial charge is 0.270 e. The molecule has 90 valence electrons. The Morgan fingerprint density at radius 3 is 2.75 bits per heavy atom. The number of amides is 1. The number of aliphatic hydroxyl groups is 1. The molecule has 0 aliphatic rings. The minimum Gasteiger partial charge on any atom is -0.396 e. The van der Waals surface area contributed by atoms with Crippen molar-refractivity contribution in [3.63, 3.8) is 0 Å². The summed E-state index contributed by atoms with van der Waals surface area (Å²) in [6, 6.07) is -0.0494. The third-order valence-electron chi connectivity index (χ3n) is 2.43. The molecule has 4 nitrogen and oxygen atoms in total. The monoisotopic (exact) mass is 242 g/mol. The molecule has 1 atom stereocenters. The molecular formula is C11H18N2O2S. The fraction of sp³-hybridized carbons (Fsp3) is 0.636. The molecule has 0 radical (unpaired) electrons. The molecule has 0 fully saturated rings. The Bertz CT molecular complexity index is 330. The lowest BCUT2D eigenvalue weighted by molar-refractivity contribution is 0.0881. The lowest BCUT2D eigenvalue weighted by Gasteiger charge is -2.30. The predicted octanol–water partition coefficient (Wildman–Crippen LogP) is 1.67. The highest BCUT2D eigenvalue weighted by molar-refractivity contribution is 7.07. The van der Waals surface area contributed by atoms with E-state index in [9.17, 15) is 4.79 Å². The van der Waals surface area contributed by atoms with Crippen molar-refractivity contribution in [3.8, 4) is 0 Å². The molecule has 0 aliphatic carbocycles. The van der Waals surface area contributed by atoms with Crippen LogP contribution in [-0.4, -0.2) is 28.6 Å². The van der Waals surface area contributed by atoms with Gasteiger partial charge in [-0.05, 0) is 11.8 Å². The van der Waals surface area contributed by atoms with Gasteiger partial charge in [-0.3, -0.25) is 4.79 Å². The largest absolute Gasteiger partial charge is 0.396 e. The number of carbonyl (C=O) groups is 1. The number of nitrogens with one attached hydrogen (secondary N) is 1. The Kier molecular flexibility index (Phi) is 4.44. The number of rotatable bonds is 4. The summed E-state index contributed by atoms with van der Waals surface area (Å²) in [6.45, 7) is 6.18. The molecule has 0 aromatic carbocycles. The van der Waals surface area contributed by atoms with Gasteiger partial charge in [0.2, 0.25) is 0 Å². The minimum absolute atomic E-state index is 0.0494. The lowest BCUT2D eigenvalue weighted by Crippen LogP contribution is -2.44. The van der Waals surface area contributed by atoms with Crippen LogP contribution in [0, 0.1) is 5.41 Å². The molecule has 1 heterocycles. The summed E-state index contributed by atoms with van der Waals surface area (Å²) in [7, 11) is 0. The number of thiazole rings is 1. The van der Waals surface area contributed by atoms with Gasteiger partial charge in [-0.15, -0.1) is 11.3 Å². The second-order valence-electron chi connectivity index (χ2n) is 4.78.